The number of hydrogen-bond donors (Lipinski definition) is 3. The summed E-state index contributed by atoms with van der Waals surface area (Å²) in [7, 11) is 0. The Bertz CT molecular complexity index is 1620. The first-order valence-electron chi connectivity index (χ1n) is 13.4. The lowest BCUT2D eigenvalue weighted by Gasteiger charge is -2.38. The summed E-state index contributed by atoms with van der Waals surface area (Å²) >= 11 is 0. The molecule has 2 amide bonds. The van der Waals surface area contributed by atoms with Crippen LogP contribution in [0.3, 0.4) is 0 Å². The summed E-state index contributed by atoms with van der Waals surface area (Å²) in [4.78, 5) is 27.3. The van der Waals surface area contributed by atoms with Crippen molar-refractivity contribution in [3.63, 3.8) is 0 Å². The third-order valence-electron chi connectivity index (χ3n) is 8.01. The van der Waals surface area contributed by atoms with Crippen molar-refractivity contribution in [2.75, 3.05) is 11.9 Å². The smallest absolute Gasteiger partial charge is 0.276 e. The van der Waals surface area contributed by atoms with Gasteiger partial charge in [-0.1, -0.05) is 24.2 Å². The van der Waals surface area contributed by atoms with Crippen molar-refractivity contribution in [1.82, 2.24) is 25.8 Å². The molecule has 1 spiro atoms. The first kappa shape index (κ1) is 26.6. The molecule has 3 heterocycles. The zero-order valence-electron chi connectivity index (χ0n) is 22.7. The monoisotopic (exact) mass is 562 g/mol. The predicted octanol–water partition coefficient (Wildman–Crippen LogP) is 4.61. The lowest BCUT2D eigenvalue weighted by molar-refractivity contribution is -0.119. The minimum absolute atomic E-state index is 0.0527. The zero-order chi connectivity index (χ0) is 28.9. The Morgan fingerprint density at radius 1 is 1.15 bits per heavy atom. The molecule has 212 valence electrons. The van der Waals surface area contributed by atoms with Crippen LogP contribution in [0.15, 0.2) is 41.0 Å². The minimum atomic E-state index is -1.21. The second-order valence-electron chi connectivity index (χ2n) is 10.7. The molecule has 1 unspecified atom stereocenters. The predicted molar refractivity (Wildman–Crippen MR) is 143 cm³/mol. The van der Waals surface area contributed by atoms with Gasteiger partial charge >= 0.3 is 0 Å². The van der Waals surface area contributed by atoms with E-state index in [2.05, 4.69) is 31.1 Å². The summed E-state index contributed by atoms with van der Waals surface area (Å²) in [6.07, 6.45) is 1.71. The van der Waals surface area contributed by atoms with Crippen LogP contribution in [0.2, 0.25) is 0 Å². The molecule has 6 rings (SSSR count). The summed E-state index contributed by atoms with van der Waals surface area (Å²) < 4.78 is 39.8. The van der Waals surface area contributed by atoms with Gasteiger partial charge in [0.15, 0.2) is 17.3 Å². The maximum Gasteiger partial charge on any atom is 0.276 e. The van der Waals surface area contributed by atoms with Crippen LogP contribution in [-0.2, 0) is 11.2 Å². The van der Waals surface area contributed by atoms with Crippen molar-refractivity contribution in [3.05, 3.63) is 76.4 Å². The van der Waals surface area contributed by atoms with Gasteiger partial charge in [-0.3, -0.25) is 14.7 Å². The fourth-order valence-corrected chi connectivity index (χ4v) is 5.79. The molecule has 2 aromatic heterocycles. The molecule has 4 aromatic rings. The number of nitrogens with one attached hydrogen (secondary N) is 3. The number of ether oxygens (including phenoxy) is 1. The Morgan fingerprint density at radius 2 is 1.90 bits per heavy atom. The van der Waals surface area contributed by atoms with E-state index in [1.807, 2.05) is 26.0 Å². The van der Waals surface area contributed by atoms with E-state index in [4.69, 9.17) is 9.37 Å². The number of benzene rings is 2. The normalized spacial score (nSPS) is 17.4. The van der Waals surface area contributed by atoms with Crippen molar-refractivity contribution in [2.45, 2.75) is 52.0 Å². The number of amides is 2. The first-order chi connectivity index (χ1) is 19.7. The molecule has 12 heteroatoms. The molecule has 10 nitrogen and oxygen atoms in total. The topological polar surface area (TPSA) is 135 Å². The van der Waals surface area contributed by atoms with Crippen molar-refractivity contribution in [3.8, 4) is 16.9 Å². The second-order valence-corrected chi connectivity index (χ2v) is 10.7. The number of hydrogen-bond acceptors (Lipinski definition) is 7. The second kappa shape index (κ2) is 10.1. The minimum Gasteiger partial charge on any atom is -0.490 e. The molecule has 2 atom stereocenters. The number of H-pyrrole nitrogens is 1. The molecule has 1 aliphatic heterocycles. The number of halogens is 2. The van der Waals surface area contributed by atoms with Gasteiger partial charge in [0, 0.05) is 39.9 Å². The number of carbonyl (C=O) groups excluding carboxylic acids is 2. The van der Waals surface area contributed by atoms with Gasteiger partial charge in [0.05, 0.1) is 12.3 Å². The summed E-state index contributed by atoms with van der Waals surface area (Å²) in [6, 6.07) is 7.92. The lowest BCUT2D eigenvalue weighted by Crippen LogP contribution is -2.52. The van der Waals surface area contributed by atoms with Crippen LogP contribution < -0.4 is 15.4 Å². The standard InChI is InChI=1S/C29H28F2N6O4/c1-4-21-24(37-41-36-21)27(38)33-25(23-19-11-17(30)12-20(31)26(19)40-13-29(23)9-10-29)28(39)32-18-7-5-16(6-8-18)22-14(2)34-35-15(22)3/h5-8,11-12,23,25H,4,9-10,13H2,1-3H3,(H,32,39)(H,33,38)(H,34,35)/t23?,25-/m0/s1. The Balaban J connectivity index is 1.36. The number of nitrogens with zero attached hydrogens (tertiary/aromatic N) is 3. The summed E-state index contributed by atoms with van der Waals surface area (Å²) in [5.41, 5.74) is 4.04. The van der Waals surface area contributed by atoms with E-state index in [9.17, 15) is 18.4 Å². The van der Waals surface area contributed by atoms with Gasteiger partial charge in [0.2, 0.25) is 5.91 Å². The lowest BCUT2D eigenvalue weighted by atomic mass is 9.75. The van der Waals surface area contributed by atoms with Gasteiger partial charge in [0.25, 0.3) is 5.91 Å². The molecule has 1 saturated carbocycles. The van der Waals surface area contributed by atoms with Gasteiger partial charge in [-0.2, -0.15) is 5.10 Å². The van der Waals surface area contributed by atoms with Gasteiger partial charge in [0.1, 0.15) is 17.6 Å². The average Bonchev–Trinajstić information content (AvgIpc) is 3.38. The number of aromatic amines is 1. The summed E-state index contributed by atoms with van der Waals surface area (Å²) in [5, 5.41) is 20.3. The van der Waals surface area contributed by atoms with Crippen molar-refractivity contribution >= 4 is 17.5 Å². The fourth-order valence-electron chi connectivity index (χ4n) is 5.79. The van der Waals surface area contributed by atoms with E-state index in [0.717, 1.165) is 28.6 Å². The molecule has 0 saturated heterocycles. The molecule has 3 N–H and O–H groups in total. The highest BCUT2D eigenvalue weighted by Gasteiger charge is 2.58. The zero-order valence-corrected chi connectivity index (χ0v) is 22.7. The molecule has 1 fully saturated rings. The van der Waals surface area contributed by atoms with Crippen LogP contribution in [0, 0.1) is 30.9 Å². The van der Waals surface area contributed by atoms with Crippen LogP contribution in [0.25, 0.3) is 11.1 Å². The fraction of sp³-hybridized carbons (Fsp3) is 0.345. The Labute approximate surface area is 233 Å². The van der Waals surface area contributed by atoms with Crippen LogP contribution in [0.4, 0.5) is 14.5 Å². The van der Waals surface area contributed by atoms with Crippen LogP contribution in [0.5, 0.6) is 5.75 Å². The van der Waals surface area contributed by atoms with E-state index in [0.29, 0.717) is 30.6 Å². The van der Waals surface area contributed by atoms with E-state index >= 15 is 0 Å². The number of aryl methyl sites for hydroxylation is 3. The molecule has 0 bridgehead atoms. The van der Waals surface area contributed by atoms with E-state index in [1.54, 1.807) is 19.1 Å². The number of anilines is 1. The molecule has 1 aliphatic carbocycles. The van der Waals surface area contributed by atoms with Crippen LogP contribution in [0.1, 0.15) is 58.8 Å². The quantitative estimate of drug-likeness (QED) is 0.299. The average molecular weight is 563 g/mol. The highest BCUT2D eigenvalue weighted by atomic mass is 19.1. The molecule has 0 radical (unpaired) electrons. The maximum atomic E-state index is 14.8. The molecule has 2 aliphatic rings. The molecular formula is C29H28F2N6O4. The number of aromatic nitrogens is 4. The summed E-state index contributed by atoms with van der Waals surface area (Å²) in [5.74, 6) is -3.77. The highest BCUT2D eigenvalue weighted by molar-refractivity contribution is 6.01. The van der Waals surface area contributed by atoms with Crippen molar-refractivity contribution in [1.29, 1.82) is 0 Å². The third kappa shape index (κ3) is 4.72. The highest BCUT2D eigenvalue weighted by Crippen LogP contribution is 2.61. The molecular weight excluding hydrogens is 534 g/mol. The van der Waals surface area contributed by atoms with Crippen molar-refractivity contribution < 1.29 is 27.7 Å². The van der Waals surface area contributed by atoms with Crippen LogP contribution in [-0.4, -0.2) is 45.0 Å². The Kier molecular flexibility index (Phi) is 6.55. The number of rotatable bonds is 7. The molecule has 41 heavy (non-hydrogen) atoms. The summed E-state index contributed by atoms with van der Waals surface area (Å²) in [6.45, 7) is 5.76. The van der Waals surface area contributed by atoms with Gasteiger partial charge in [-0.25, -0.2) is 13.4 Å². The largest absolute Gasteiger partial charge is 0.490 e. The third-order valence-corrected chi connectivity index (χ3v) is 8.01. The first-order valence-corrected chi connectivity index (χ1v) is 13.4. The maximum absolute atomic E-state index is 14.8. The van der Waals surface area contributed by atoms with Gasteiger partial charge < -0.3 is 15.4 Å². The van der Waals surface area contributed by atoms with E-state index in [-0.39, 0.29) is 23.6 Å². The van der Waals surface area contributed by atoms with Gasteiger partial charge in [-0.05, 0) is 62.0 Å². The Hall–Kier alpha value is -4.61. The molecule has 2 aromatic carbocycles. The number of fused-ring (bicyclic) bond motifs is 1. The van der Waals surface area contributed by atoms with Gasteiger partial charge in [-0.15, -0.1) is 0 Å². The van der Waals surface area contributed by atoms with E-state index < -0.39 is 40.8 Å². The van der Waals surface area contributed by atoms with Crippen molar-refractivity contribution in [2.24, 2.45) is 5.41 Å². The number of carbonyl (C=O) groups is 2. The SMILES string of the molecule is CCc1nonc1C(=O)N[C@H](C(=O)Nc1ccc(-c2c(C)n[nH]c2C)cc1)C1c2cc(F)cc(F)c2OCC12CC2. The Morgan fingerprint density at radius 3 is 2.56 bits per heavy atom. The van der Waals surface area contributed by atoms with E-state index in [1.165, 1.54) is 6.07 Å². The van der Waals surface area contributed by atoms with Crippen LogP contribution >= 0.6 is 0 Å².